The molecule has 1 heterocycles. The van der Waals surface area contributed by atoms with Crippen LogP contribution in [-0.2, 0) is 11.3 Å². The predicted octanol–water partition coefficient (Wildman–Crippen LogP) is 3.54. The van der Waals surface area contributed by atoms with Gasteiger partial charge in [-0.05, 0) is 50.9 Å². The molecule has 0 spiro atoms. The van der Waals surface area contributed by atoms with E-state index in [-0.39, 0.29) is 5.91 Å². The van der Waals surface area contributed by atoms with Gasteiger partial charge in [-0.3, -0.25) is 4.79 Å². The number of carbonyl (C=O) groups excluding carboxylic acids is 1. The van der Waals surface area contributed by atoms with E-state index in [9.17, 15) is 4.79 Å². The van der Waals surface area contributed by atoms with E-state index in [1.807, 2.05) is 48.2 Å². The van der Waals surface area contributed by atoms with Crippen LogP contribution in [-0.4, -0.2) is 36.0 Å². The standard InChI is InChI=1S/C22H28N2O2/c1-17-8-6-9-19(14-17)15-24(16-20-10-7-13-23-20)22(25)18(2)26-21-11-4-3-5-12-21/h3-6,8-9,11-12,14,18,20,23H,7,10,13,15-16H2,1-2H3/t18-,20?/m1/s1. The Bertz CT molecular complexity index is 711. The number of ether oxygens (including phenoxy) is 1. The molecule has 2 aromatic carbocycles. The summed E-state index contributed by atoms with van der Waals surface area (Å²) in [6.45, 7) is 6.28. The van der Waals surface area contributed by atoms with E-state index in [1.165, 1.54) is 12.0 Å². The molecule has 0 aliphatic carbocycles. The second-order valence-electron chi connectivity index (χ2n) is 7.07. The molecule has 0 bridgehead atoms. The van der Waals surface area contributed by atoms with E-state index in [2.05, 4.69) is 30.4 Å². The highest BCUT2D eigenvalue weighted by Gasteiger charge is 2.26. The van der Waals surface area contributed by atoms with Gasteiger partial charge in [-0.25, -0.2) is 0 Å². The first-order valence-electron chi connectivity index (χ1n) is 9.41. The number of benzene rings is 2. The highest BCUT2D eigenvalue weighted by molar-refractivity contribution is 5.81. The largest absolute Gasteiger partial charge is 0.481 e. The zero-order valence-corrected chi connectivity index (χ0v) is 15.7. The first-order chi connectivity index (χ1) is 12.6. The lowest BCUT2D eigenvalue weighted by Gasteiger charge is -2.29. The van der Waals surface area contributed by atoms with Gasteiger partial charge in [-0.2, -0.15) is 0 Å². The minimum atomic E-state index is -0.511. The molecule has 4 heteroatoms. The lowest BCUT2D eigenvalue weighted by Crippen LogP contribution is -2.45. The molecule has 1 aliphatic rings. The fourth-order valence-electron chi connectivity index (χ4n) is 3.45. The molecular formula is C22H28N2O2. The number of carbonyl (C=O) groups is 1. The number of amides is 1. The Kier molecular flexibility index (Phi) is 6.29. The zero-order valence-electron chi connectivity index (χ0n) is 15.7. The van der Waals surface area contributed by atoms with Crippen molar-refractivity contribution in [2.75, 3.05) is 13.1 Å². The van der Waals surface area contributed by atoms with Crippen molar-refractivity contribution in [1.82, 2.24) is 10.2 Å². The fourth-order valence-corrected chi connectivity index (χ4v) is 3.45. The molecule has 1 aliphatic heterocycles. The molecule has 1 unspecified atom stereocenters. The van der Waals surface area contributed by atoms with Crippen LogP contribution >= 0.6 is 0 Å². The second kappa shape index (κ2) is 8.86. The molecular weight excluding hydrogens is 324 g/mol. The summed E-state index contributed by atoms with van der Waals surface area (Å²) in [5, 5.41) is 3.49. The van der Waals surface area contributed by atoms with Gasteiger partial charge >= 0.3 is 0 Å². The van der Waals surface area contributed by atoms with Crippen LogP contribution in [0, 0.1) is 6.92 Å². The van der Waals surface area contributed by atoms with Crippen molar-refractivity contribution in [1.29, 1.82) is 0 Å². The van der Waals surface area contributed by atoms with Crippen molar-refractivity contribution in [2.24, 2.45) is 0 Å². The molecule has 2 atom stereocenters. The van der Waals surface area contributed by atoms with Gasteiger partial charge in [-0.1, -0.05) is 48.0 Å². The second-order valence-corrected chi connectivity index (χ2v) is 7.07. The van der Waals surface area contributed by atoms with Gasteiger partial charge in [0.2, 0.25) is 0 Å². The normalized spacial score (nSPS) is 17.7. The van der Waals surface area contributed by atoms with E-state index in [4.69, 9.17) is 4.74 Å². The Morgan fingerprint density at radius 2 is 2.04 bits per heavy atom. The maximum atomic E-state index is 13.1. The summed E-state index contributed by atoms with van der Waals surface area (Å²) in [5.41, 5.74) is 2.37. The van der Waals surface area contributed by atoms with E-state index in [0.717, 1.165) is 30.8 Å². The van der Waals surface area contributed by atoms with Crippen molar-refractivity contribution < 1.29 is 9.53 Å². The van der Waals surface area contributed by atoms with Crippen molar-refractivity contribution in [3.05, 3.63) is 65.7 Å². The first kappa shape index (κ1) is 18.5. The molecule has 26 heavy (non-hydrogen) atoms. The molecule has 1 saturated heterocycles. The average Bonchev–Trinajstić information content (AvgIpc) is 3.14. The summed E-state index contributed by atoms with van der Waals surface area (Å²) < 4.78 is 5.87. The molecule has 4 nitrogen and oxygen atoms in total. The smallest absolute Gasteiger partial charge is 0.263 e. The average molecular weight is 352 g/mol. The van der Waals surface area contributed by atoms with Crippen LogP contribution in [0.25, 0.3) is 0 Å². The molecule has 0 radical (unpaired) electrons. The SMILES string of the molecule is Cc1cccc(CN(CC2CCCN2)C(=O)[C@@H](C)Oc2ccccc2)c1. The molecule has 138 valence electrons. The fraction of sp³-hybridized carbons (Fsp3) is 0.409. The van der Waals surface area contributed by atoms with Crippen LogP contribution < -0.4 is 10.1 Å². The summed E-state index contributed by atoms with van der Waals surface area (Å²) in [4.78, 5) is 15.0. The van der Waals surface area contributed by atoms with Crippen molar-refractivity contribution in [3.8, 4) is 5.75 Å². The number of hydrogen-bond donors (Lipinski definition) is 1. The summed E-state index contributed by atoms with van der Waals surface area (Å²) in [6.07, 6.45) is 1.78. The number of rotatable bonds is 7. The third kappa shape index (κ3) is 5.09. The highest BCUT2D eigenvalue weighted by atomic mass is 16.5. The molecule has 2 aromatic rings. The molecule has 1 N–H and O–H groups in total. The molecule has 0 aromatic heterocycles. The molecule has 0 saturated carbocycles. The van der Waals surface area contributed by atoms with Crippen LogP contribution in [0.2, 0.25) is 0 Å². The first-order valence-corrected chi connectivity index (χ1v) is 9.41. The minimum Gasteiger partial charge on any atom is -0.481 e. The van der Waals surface area contributed by atoms with Gasteiger partial charge in [0.1, 0.15) is 5.75 Å². The Hall–Kier alpha value is -2.33. The van der Waals surface area contributed by atoms with Gasteiger partial charge in [-0.15, -0.1) is 0 Å². The van der Waals surface area contributed by atoms with Crippen LogP contribution in [0.1, 0.15) is 30.9 Å². The Labute approximate surface area is 156 Å². The third-order valence-electron chi connectivity index (χ3n) is 4.77. The predicted molar refractivity (Wildman–Crippen MR) is 104 cm³/mol. The van der Waals surface area contributed by atoms with E-state index < -0.39 is 6.10 Å². The number of para-hydroxylation sites is 1. The van der Waals surface area contributed by atoms with Crippen LogP contribution in [0.3, 0.4) is 0 Å². The third-order valence-corrected chi connectivity index (χ3v) is 4.77. The lowest BCUT2D eigenvalue weighted by molar-refractivity contribution is -0.139. The quantitative estimate of drug-likeness (QED) is 0.829. The number of nitrogens with zero attached hydrogens (tertiary/aromatic N) is 1. The van der Waals surface area contributed by atoms with E-state index >= 15 is 0 Å². The number of nitrogens with one attached hydrogen (secondary N) is 1. The molecule has 1 amide bonds. The summed E-state index contributed by atoms with van der Waals surface area (Å²) in [6, 6.07) is 18.3. The number of aryl methyl sites for hydroxylation is 1. The van der Waals surface area contributed by atoms with Crippen LogP contribution in [0.15, 0.2) is 54.6 Å². The van der Waals surface area contributed by atoms with E-state index in [1.54, 1.807) is 0 Å². The van der Waals surface area contributed by atoms with Crippen molar-refractivity contribution in [2.45, 2.75) is 45.4 Å². The maximum Gasteiger partial charge on any atom is 0.263 e. The van der Waals surface area contributed by atoms with Crippen molar-refractivity contribution >= 4 is 5.91 Å². The lowest BCUT2D eigenvalue weighted by atomic mass is 10.1. The van der Waals surface area contributed by atoms with Crippen LogP contribution in [0.5, 0.6) is 5.75 Å². The summed E-state index contributed by atoms with van der Waals surface area (Å²) in [5.74, 6) is 0.756. The number of hydrogen-bond acceptors (Lipinski definition) is 3. The highest BCUT2D eigenvalue weighted by Crippen LogP contribution is 2.16. The Morgan fingerprint density at radius 1 is 1.23 bits per heavy atom. The maximum absolute atomic E-state index is 13.1. The van der Waals surface area contributed by atoms with Crippen LogP contribution in [0.4, 0.5) is 0 Å². The van der Waals surface area contributed by atoms with Gasteiger partial charge in [0, 0.05) is 19.1 Å². The van der Waals surface area contributed by atoms with Gasteiger partial charge < -0.3 is 15.0 Å². The van der Waals surface area contributed by atoms with E-state index in [0.29, 0.717) is 12.6 Å². The van der Waals surface area contributed by atoms with Gasteiger partial charge in [0.15, 0.2) is 6.10 Å². The Balaban J connectivity index is 1.71. The summed E-state index contributed by atoms with van der Waals surface area (Å²) in [7, 11) is 0. The summed E-state index contributed by atoms with van der Waals surface area (Å²) >= 11 is 0. The topological polar surface area (TPSA) is 41.6 Å². The van der Waals surface area contributed by atoms with Crippen molar-refractivity contribution in [3.63, 3.8) is 0 Å². The van der Waals surface area contributed by atoms with Gasteiger partial charge in [0.25, 0.3) is 5.91 Å². The molecule has 3 rings (SSSR count). The van der Waals surface area contributed by atoms with Gasteiger partial charge in [0.05, 0.1) is 0 Å². The zero-order chi connectivity index (χ0) is 18.4. The Morgan fingerprint density at radius 3 is 2.73 bits per heavy atom. The molecule has 1 fully saturated rings. The minimum absolute atomic E-state index is 0.0315. The monoisotopic (exact) mass is 352 g/mol.